The van der Waals surface area contributed by atoms with E-state index in [1.165, 1.54) is 18.4 Å². The van der Waals surface area contributed by atoms with Crippen LogP contribution in [0, 0.1) is 0 Å². The van der Waals surface area contributed by atoms with Gasteiger partial charge in [-0.15, -0.1) is 0 Å². The number of nitrogens with one attached hydrogen (secondary N) is 1. The number of amidine groups is 1. The largest absolute Gasteiger partial charge is 0.494 e. The molecule has 124 valence electrons. The number of aliphatic imine (C=N–C) groups is 2. The Balaban J connectivity index is 1.63. The van der Waals surface area contributed by atoms with Crippen molar-refractivity contribution in [1.29, 1.82) is 0 Å². The first-order valence-corrected chi connectivity index (χ1v) is 8.62. The van der Waals surface area contributed by atoms with Gasteiger partial charge in [0.05, 0.1) is 6.61 Å². The van der Waals surface area contributed by atoms with Gasteiger partial charge in [0.1, 0.15) is 11.6 Å². The van der Waals surface area contributed by atoms with E-state index in [2.05, 4.69) is 29.4 Å². The van der Waals surface area contributed by atoms with Gasteiger partial charge in [-0.05, 0) is 49.8 Å². The monoisotopic (exact) mass is 314 g/mol. The van der Waals surface area contributed by atoms with Crippen molar-refractivity contribution in [2.24, 2.45) is 15.7 Å². The smallest absolute Gasteiger partial charge is 0.196 e. The molecule has 3 N–H and O–H groups in total. The molecule has 2 aliphatic rings. The summed E-state index contributed by atoms with van der Waals surface area (Å²) >= 11 is 0. The molecule has 23 heavy (non-hydrogen) atoms. The van der Waals surface area contributed by atoms with Crippen molar-refractivity contribution >= 4 is 11.8 Å². The van der Waals surface area contributed by atoms with Crippen molar-refractivity contribution in [2.75, 3.05) is 6.61 Å². The van der Waals surface area contributed by atoms with Crippen LogP contribution in [-0.4, -0.2) is 24.1 Å². The molecule has 1 aromatic carbocycles. The highest BCUT2D eigenvalue weighted by molar-refractivity contribution is 6.01. The van der Waals surface area contributed by atoms with Crippen LogP contribution in [0.15, 0.2) is 34.3 Å². The van der Waals surface area contributed by atoms with Gasteiger partial charge < -0.3 is 15.8 Å². The van der Waals surface area contributed by atoms with E-state index < -0.39 is 0 Å². The zero-order valence-electron chi connectivity index (χ0n) is 13.8. The first-order chi connectivity index (χ1) is 11.2. The van der Waals surface area contributed by atoms with E-state index in [-0.39, 0.29) is 5.66 Å². The van der Waals surface area contributed by atoms with Crippen molar-refractivity contribution < 1.29 is 4.74 Å². The molecule has 1 aliphatic heterocycles. The first kappa shape index (κ1) is 15.8. The lowest BCUT2D eigenvalue weighted by Gasteiger charge is -2.27. The van der Waals surface area contributed by atoms with Gasteiger partial charge in [0.25, 0.3) is 0 Å². The standard InChI is InChI=1S/C18H26N4O/c1-2-3-12-23-15-8-6-14(7-9-15)13-16-20-17(19)22-18(21-16)10-4-5-11-18/h6-9H,2-5,10-13H2,1H3,(H3,19,20,21,22). The van der Waals surface area contributed by atoms with Crippen molar-refractivity contribution in [3.05, 3.63) is 29.8 Å². The number of rotatable bonds is 6. The van der Waals surface area contributed by atoms with Gasteiger partial charge in [0, 0.05) is 6.42 Å². The quantitative estimate of drug-likeness (QED) is 0.793. The van der Waals surface area contributed by atoms with Crippen LogP contribution in [-0.2, 0) is 6.42 Å². The minimum atomic E-state index is -0.298. The fraction of sp³-hybridized carbons (Fsp3) is 0.556. The second-order valence-electron chi connectivity index (χ2n) is 6.39. The molecule has 5 heteroatoms. The Morgan fingerprint density at radius 3 is 2.61 bits per heavy atom. The van der Waals surface area contributed by atoms with Gasteiger partial charge >= 0.3 is 0 Å². The van der Waals surface area contributed by atoms with Crippen LogP contribution < -0.4 is 15.8 Å². The van der Waals surface area contributed by atoms with Crippen molar-refractivity contribution in [3.63, 3.8) is 0 Å². The van der Waals surface area contributed by atoms with E-state index in [1.807, 2.05) is 12.1 Å². The average Bonchev–Trinajstić information content (AvgIpc) is 2.96. The number of benzene rings is 1. The van der Waals surface area contributed by atoms with Gasteiger partial charge in [-0.3, -0.25) is 0 Å². The van der Waals surface area contributed by atoms with E-state index in [9.17, 15) is 0 Å². The highest BCUT2D eigenvalue weighted by Gasteiger charge is 2.35. The molecule has 1 aliphatic carbocycles. The molecule has 0 aromatic heterocycles. The summed E-state index contributed by atoms with van der Waals surface area (Å²) in [7, 11) is 0. The van der Waals surface area contributed by atoms with Gasteiger partial charge in [0.15, 0.2) is 11.6 Å². The number of ether oxygens (including phenoxy) is 1. The maximum absolute atomic E-state index is 5.96. The van der Waals surface area contributed by atoms with E-state index in [0.717, 1.165) is 50.3 Å². The lowest BCUT2D eigenvalue weighted by atomic mass is 10.1. The Morgan fingerprint density at radius 1 is 1.17 bits per heavy atom. The Labute approximate surface area is 138 Å². The molecule has 5 nitrogen and oxygen atoms in total. The zero-order valence-corrected chi connectivity index (χ0v) is 13.8. The van der Waals surface area contributed by atoms with Crippen LogP contribution in [0.25, 0.3) is 0 Å². The number of unbranched alkanes of at least 4 members (excludes halogenated alkanes) is 1. The van der Waals surface area contributed by atoms with Crippen molar-refractivity contribution in [1.82, 2.24) is 5.32 Å². The van der Waals surface area contributed by atoms with Crippen LogP contribution in [0.2, 0.25) is 0 Å². The predicted molar refractivity (Wildman–Crippen MR) is 93.9 cm³/mol. The normalized spacial score (nSPS) is 19.2. The number of guanidine groups is 1. The van der Waals surface area contributed by atoms with Crippen molar-refractivity contribution in [2.45, 2.75) is 57.5 Å². The van der Waals surface area contributed by atoms with Crippen LogP contribution in [0.4, 0.5) is 0 Å². The highest BCUT2D eigenvalue weighted by atomic mass is 16.5. The fourth-order valence-corrected chi connectivity index (χ4v) is 3.18. The molecule has 1 spiro atoms. The average molecular weight is 314 g/mol. The fourth-order valence-electron chi connectivity index (χ4n) is 3.18. The molecule has 0 bridgehead atoms. The minimum absolute atomic E-state index is 0.298. The summed E-state index contributed by atoms with van der Waals surface area (Å²) < 4.78 is 5.70. The molecule has 0 amide bonds. The Hall–Kier alpha value is -2.04. The SMILES string of the molecule is CCCCOc1ccc(CC2=NC3(CCCC3)N=C(N)N2)cc1. The number of nitrogens with zero attached hydrogens (tertiary/aromatic N) is 2. The Kier molecular flexibility index (Phi) is 4.84. The number of nitrogens with two attached hydrogens (primary N) is 1. The molecule has 0 unspecified atom stereocenters. The van der Waals surface area contributed by atoms with Gasteiger partial charge in [-0.25, -0.2) is 9.98 Å². The molecule has 1 heterocycles. The summed E-state index contributed by atoms with van der Waals surface area (Å²) in [6.07, 6.45) is 7.34. The third kappa shape index (κ3) is 4.03. The lowest BCUT2D eigenvalue weighted by molar-refractivity contribution is 0.309. The Bertz CT molecular complexity index is 586. The number of hydrogen-bond acceptors (Lipinski definition) is 5. The Morgan fingerprint density at radius 2 is 1.91 bits per heavy atom. The van der Waals surface area contributed by atoms with Crippen LogP contribution in [0.1, 0.15) is 51.0 Å². The molecule has 1 saturated carbocycles. The second-order valence-corrected chi connectivity index (χ2v) is 6.39. The summed E-state index contributed by atoms with van der Waals surface area (Å²) in [5.74, 6) is 2.34. The topological polar surface area (TPSA) is 72.0 Å². The summed E-state index contributed by atoms with van der Waals surface area (Å²) in [6, 6.07) is 8.23. The van der Waals surface area contributed by atoms with Crippen LogP contribution >= 0.6 is 0 Å². The summed E-state index contributed by atoms with van der Waals surface area (Å²) in [4.78, 5) is 9.39. The molecule has 1 fully saturated rings. The van der Waals surface area contributed by atoms with E-state index in [0.29, 0.717) is 5.96 Å². The van der Waals surface area contributed by atoms with Crippen LogP contribution in [0.3, 0.4) is 0 Å². The first-order valence-electron chi connectivity index (χ1n) is 8.62. The third-order valence-electron chi connectivity index (χ3n) is 4.41. The zero-order chi connectivity index (χ0) is 16.1. The van der Waals surface area contributed by atoms with Gasteiger partial charge in [-0.2, -0.15) is 0 Å². The molecular weight excluding hydrogens is 288 g/mol. The van der Waals surface area contributed by atoms with E-state index >= 15 is 0 Å². The highest BCUT2D eigenvalue weighted by Crippen LogP contribution is 2.35. The maximum atomic E-state index is 5.96. The lowest BCUT2D eigenvalue weighted by Crippen LogP contribution is -2.45. The molecule has 3 rings (SSSR count). The summed E-state index contributed by atoms with van der Waals surface area (Å²) in [5.41, 5.74) is 6.86. The van der Waals surface area contributed by atoms with E-state index in [4.69, 9.17) is 15.5 Å². The molecule has 0 saturated heterocycles. The predicted octanol–water partition coefficient (Wildman–Crippen LogP) is 2.99. The maximum Gasteiger partial charge on any atom is 0.196 e. The molecule has 0 radical (unpaired) electrons. The number of hydrogen-bond donors (Lipinski definition) is 2. The minimum Gasteiger partial charge on any atom is -0.494 e. The van der Waals surface area contributed by atoms with Gasteiger partial charge in [0.2, 0.25) is 0 Å². The van der Waals surface area contributed by atoms with Gasteiger partial charge in [-0.1, -0.05) is 25.5 Å². The molecule has 1 aromatic rings. The second kappa shape index (κ2) is 7.02. The molecule has 0 atom stereocenters. The van der Waals surface area contributed by atoms with Crippen molar-refractivity contribution in [3.8, 4) is 5.75 Å². The summed E-state index contributed by atoms with van der Waals surface area (Å²) in [5, 5.41) is 3.12. The summed E-state index contributed by atoms with van der Waals surface area (Å²) in [6.45, 7) is 2.94. The van der Waals surface area contributed by atoms with Crippen LogP contribution in [0.5, 0.6) is 5.75 Å². The third-order valence-corrected chi connectivity index (χ3v) is 4.41. The molecular formula is C18H26N4O. The van der Waals surface area contributed by atoms with E-state index in [1.54, 1.807) is 0 Å².